The van der Waals surface area contributed by atoms with E-state index in [1.165, 1.54) is 24.2 Å². The first-order chi connectivity index (χ1) is 13.9. The Bertz CT molecular complexity index is 669. The number of amides is 1. The summed E-state index contributed by atoms with van der Waals surface area (Å²) in [6.45, 7) is 2.51. The molecule has 1 aliphatic rings. The van der Waals surface area contributed by atoms with Gasteiger partial charge in [-0.3, -0.25) is 4.79 Å². The van der Waals surface area contributed by atoms with Crippen molar-refractivity contribution >= 4 is 59.2 Å². The maximum Gasteiger partial charge on any atom is 0.243 e. The summed E-state index contributed by atoms with van der Waals surface area (Å²) in [5, 5.41) is 7.57. The van der Waals surface area contributed by atoms with Crippen molar-refractivity contribution in [1.82, 2.24) is 15.5 Å². The van der Waals surface area contributed by atoms with E-state index in [0.717, 1.165) is 36.9 Å². The van der Waals surface area contributed by atoms with Crippen molar-refractivity contribution in [2.24, 2.45) is 10.4 Å². The Balaban J connectivity index is 0.00000450. The Morgan fingerprint density at radius 2 is 1.97 bits per heavy atom. The number of nitrogens with zero attached hydrogens (tertiary/aromatic N) is 2. The number of aliphatic imine (C=N–C) groups is 1. The lowest BCUT2D eigenvalue weighted by Gasteiger charge is -2.42. The Morgan fingerprint density at radius 1 is 1.27 bits per heavy atom. The second kappa shape index (κ2) is 14.4. The second-order valence-electron chi connectivity index (χ2n) is 7.63. The first kappa shape index (κ1) is 27.3. The van der Waals surface area contributed by atoms with E-state index in [4.69, 9.17) is 16.3 Å². The van der Waals surface area contributed by atoms with E-state index in [0.29, 0.717) is 5.96 Å². The van der Waals surface area contributed by atoms with E-state index in [9.17, 15) is 4.79 Å². The number of guanidine groups is 1. The average Bonchev–Trinajstić information content (AvgIpc) is 2.68. The minimum Gasteiger partial charge on any atom is -0.385 e. The van der Waals surface area contributed by atoms with E-state index < -0.39 is 0 Å². The van der Waals surface area contributed by atoms with Crippen molar-refractivity contribution in [3.05, 3.63) is 29.3 Å². The molecule has 0 unspecified atom stereocenters. The van der Waals surface area contributed by atoms with Gasteiger partial charge < -0.3 is 20.3 Å². The molecule has 1 saturated carbocycles. The molecule has 0 saturated heterocycles. The van der Waals surface area contributed by atoms with Crippen LogP contribution in [0.15, 0.2) is 34.2 Å². The van der Waals surface area contributed by atoms with Crippen LogP contribution in [-0.4, -0.2) is 70.0 Å². The third-order valence-electron chi connectivity index (χ3n) is 5.23. The SMILES string of the molecule is COCCC1(CNC(=NCC(=O)N(C)C)NCCSc2ccc(Cl)cc2)CCC1.I. The monoisotopic (exact) mass is 568 g/mol. The van der Waals surface area contributed by atoms with Gasteiger partial charge in [-0.25, -0.2) is 4.99 Å². The number of hydrogen-bond acceptors (Lipinski definition) is 4. The van der Waals surface area contributed by atoms with Crippen LogP contribution in [0.25, 0.3) is 0 Å². The molecule has 2 N–H and O–H groups in total. The maximum atomic E-state index is 11.9. The van der Waals surface area contributed by atoms with Crippen LogP contribution in [0.5, 0.6) is 0 Å². The molecule has 0 radical (unpaired) electrons. The van der Waals surface area contributed by atoms with Gasteiger partial charge in [-0.1, -0.05) is 18.0 Å². The lowest BCUT2D eigenvalue weighted by Crippen LogP contribution is -2.47. The van der Waals surface area contributed by atoms with Gasteiger partial charge in [0.25, 0.3) is 0 Å². The van der Waals surface area contributed by atoms with Gasteiger partial charge in [-0.15, -0.1) is 35.7 Å². The number of rotatable bonds is 11. The molecule has 1 aliphatic carbocycles. The van der Waals surface area contributed by atoms with Crippen molar-refractivity contribution < 1.29 is 9.53 Å². The number of benzene rings is 1. The highest BCUT2D eigenvalue weighted by Gasteiger charge is 2.36. The highest BCUT2D eigenvalue weighted by molar-refractivity contribution is 14.0. The Labute approximate surface area is 206 Å². The molecule has 0 atom stereocenters. The minimum absolute atomic E-state index is 0. The molecule has 30 heavy (non-hydrogen) atoms. The van der Waals surface area contributed by atoms with Crippen LogP contribution < -0.4 is 10.6 Å². The number of carbonyl (C=O) groups excluding carboxylic acids is 1. The van der Waals surface area contributed by atoms with Gasteiger partial charge in [-0.2, -0.15) is 0 Å². The first-order valence-electron chi connectivity index (χ1n) is 10.0. The average molecular weight is 569 g/mol. The molecule has 1 aromatic carbocycles. The predicted octanol–water partition coefficient (Wildman–Crippen LogP) is 3.88. The predicted molar refractivity (Wildman–Crippen MR) is 137 cm³/mol. The standard InChI is InChI=1S/C21H33ClN4O2S.HI/c1-26(2)19(27)15-24-20(25-16-21(9-4-10-21)11-13-28-3)23-12-14-29-18-7-5-17(22)6-8-18;/h5-8H,4,9-16H2,1-3H3,(H2,23,24,25);1H. The molecule has 1 fully saturated rings. The van der Waals surface area contributed by atoms with Crippen LogP contribution in [0.4, 0.5) is 0 Å². The smallest absolute Gasteiger partial charge is 0.243 e. The van der Waals surface area contributed by atoms with Crippen LogP contribution in [0.2, 0.25) is 5.02 Å². The number of nitrogens with one attached hydrogen (secondary N) is 2. The van der Waals surface area contributed by atoms with Crippen molar-refractivity contribution in [2.75, 3.05) is 53.2 Å². The first-order valence-corrected chi connectivity index (χ1v) is 11.4. The summed E-state index contributed by atoms with van der Waals surface area (Å²) in [6, 6.07) is 7.84. The minimum atomic E-state index is -0.0145. The number of methoxy groups -OCH3 is 1. The highest BCUT2D eigenvalue weighted by Crippen LogP contribution is 2.43. The molecule has 1 amide bonds. The summed E-state index contributed by atoms with van der Waals surface area (Å²) in [5.41, 5.74) is 0.280. The second-order valence-corrected chi connectivity index (χ2v) is 9.24. The Kier molecular flexibility index (Phi) is 13.1. The van der Waals surface area contributed by atoms with Gasteiger partial charge in [-0.05, 0) is 48.9 Å². The van der Waals surface area contributed by atoms with E-state index >= 15 is 0 Å². The Morgan fingerprint density at radius 3 is 2.53 bits per heavy atom. The number of hydrogen-bond donors (Lipinski definition) is 2. The third kappa shape index (κ3) is 9.62. The fourth-order valence-electron chi connectivity index (χ4n) is 3.11. The molecule has 0 aliphatic heterocycles. The zero-order valence-corrected chi connectivity index (χ0v) is 22.0. The van der Waals surface area contributed by atoms with Crippen molar-refractivity contribution in [1.29, 1.82) is 0 Å². The summed E-state index contributed by atoms with van der Waals surface area (Å²) in [7, 11) is 5.24. The number of halogens is 2. The zero-order valence-electron chi connectivity index (χ0n) is 18.1. The largest absolute Gasteiger partial charge is 0.385 e. The van der Waals surface area contributed by atoms with Crippen LogP contribution in [-0.2, 0) is 9.53 Å². The molecule has 0 aromatic heterocycles. The van der Waals surface area contributed by atoms with E-state index in [1.54, 1.807) is 37.9 Å². The number of thioether (sulfide) groups is 1. The van der Waals surface area contributed by atoms with Crippen molar-refractivity contribution in [3.63, 3.8) is 0 Å². The lowest BCUT2D eigenvalue weighted by molar-refractivity contribution is -0.127. The number of ether oxygens (including phenoxy) is 1. The van der Waals surface area contributed by atoms with Crippen LogP contribution >= 0.6 is 47.3 Å². The number of carbonyl (C=O) groups is 1. The summed E-state index contributed by atoms with van der Waals surface area (Å²) < 4.78 is 5.28. The fourth-order valence-corrected chi connectivity index (χ4v) is 4.01. The van der Waals surface area contributed by atoms with Crippen LogP contribution in [0.1, 0.15) is 25.7 Å². The topological polar surface area (TPSA) is 66.0 Å². The molecule has 2 rings (SSSR count). The van der Waals surface area contributed by atoms with Crippen LogP contribution in [0.3, 0.4) is 0 Å². The summed E-state index contributed by atoms with van der Waals surface area (Å²) in [4.78, 5) is 19.2. The molecule has 1 aromatic rings. The quantitative estimate of drug-likeness (QED) is 0.139. The van der Waals surface area contributed by atoms with Crippen LogP contribution in [0, 0.1) is 5.41 Å². The molecule has 0 spiro atoms. The molecular weight excluding hydrogens is 535 g/mol. The molecule has 0 heterocycles. The normalized spacial score (nSPS) is 15.0. The van der Waals surface area contributed by atoms with Gasteiger partial charge >= 0.3 is 0 Å². The maximum absolute atomic E-state index is 11.9. The van der Waals surface area contributed by atoms with Crippen molar-refractivity contribution in [2.45, 2.75) is 30.6 Å². The van der Waals surface area contributed by atoms with Crippen molar-refractivity contribution in [3.8, 4) is 0 Å². The van der Waals surface area contributed by atoms with E-state index in [1.807, 2.05) is 24.3 Å². The molecule has 0 bridgehead atoms. The summed E-state index contributed by atoms with van der Waals surface area (Å²) in [5.74, 6) is 1.57. The highest BCUT2D eigenvalue weighted by atomic mass is 127. The van der Waals surface area contributed by atoms with E-state index in [-0.39, 0.29) is 41.8 Å². The van der Waals surface area contributed by atoms with Gasteiger partial charge in [0.1, 0.15) is 6.54 Å². The van der Waals surface area contributed by atoms with Gasteiger partial charge in [0.15, 0.2) is 5.96 Å². The number of likely N-dealkylation sites (N-methyl/N-ethyl adjacent to an activating group) is 1. The summed E-state index contributed by atoms with van der Waals surface area (Å²) in [6.07, 6.45) is 4.73. The third-order valence-corrected chi connectivity index (χ3v) is 6.50. The van der Waals surface area contributed by atoms with Gasteiger partial charge in [0.2, 0.25) is 5.91 Å². The Hall–Kier alpha value is -0.710. The fraction of sp³-hybridized carbons (Fsp3) is 0.619. The van der Waals surface area contributed by atoms with Gasteiger partial charge in [0.05, 0.1) is 0 Å². The lowest BCUT2D eigenvalue weighted by atomic mass is 9.67. The molecular formula is C21H34ClIN4O2S. The van der Waals surface area contributed by atoms with E-state index in [2.05, 4.69) is 15.6 Å². The summed E-state index contributed by atoms with van der Waals surface area (Å²) >= 11 is 7.69. The molecule has 9 heteroatoms. The van der Waals surface area contributed by atoms with Gasteiger partial charge in [0, 0.05) is 56.6 Å². The molecule has 6 nitrogen and oxygen atoms in total. The molecule has 170 valence electrons. The zero-order chi connectivity index (χ0) is 21.1.